The highest BCUT2D eigenvalue weighted by Gasteiger charge is 2.34. The normalized spacial score (nSPS) is 25.4. The molecular formula is C19H23N3O5. The number of nitro benzene ring substituents is 1. The van der Waals surface area contributed by atoms with Crippen LogP contribution in [-0.2, 0) is 9.53 Å². The number of benzene rings is 1. The SMILES string of the molecule is CC1=C(C(=O)O[C@H]2CCC[C@@H](C)C2)[C@@H](c2ccc([N+](=O)[O-])cc2)NC(=O)N1. The molecule has 0 spiro atoms. The molecule has 0 unspecified atom stereocenters. The van der Waals surface area contributed by atoms with Crippen LogP contribution < -0.4 is 10.6 Å². The van der Waals surface area contributed by atoms with Gasteiger partial charge in [-0.2, -0.15) is 0 Å². The van der Waals surface area contributed by atoms with Crippen LogP contribution in [0.4, 0.5) is 10.5 Å². The van der Waals surface area contributed by atoms with Gasteiger partial charge in [0.2, 0.25) is 0 Å². The van der Waals surface area contributed by atoms with E-state index in [4.69, 9.17) is 4.74 Å². The van der Waals surface area contributed by atoms with E-state index in [9.17, 15) is 19.7 Å². The summed E-state index contributed by atoms with van der Waals surface area (Å²) in [6.45, 7) is 3.80. The molecule has 0 bridgehead atoms. The summed E-state index contributed by atoms with van der Waals surface area (Å²) in [6, 6.07) is 4.64. The average molecular weight is 373 g/mol. The van der Waals surface area contributed by atoms with Crippen LogP contribution in [0.5, 0.6) is 0 Å². The molecule has 3 rings (SSSR count). The lowest BCUT2D eigenvalue weighted by Gasteiger charge is -2.31. The largest absolute Gasteiger partial charge is 0.459 e. The van der Waals surface area contributed by atoms with Gasteiger partial charge in [0, 0.05) is 17.8 Å². The van der Waals surface area contributed by atoms with Crippen molar-refractivity contribution in [2.75, 3.05) is 0 Å². The second-order valence-electron chi connectivity index (χ2n) is 7.22. The first-order chi connectivity index (χ1) is 12.8. The van der Waals surface area contributed by atoms with E-state index in [1.807, 2.05) is 0 Å². The second kappa shape index (κ2) is 7.77. The summed E-state index contributed by atoms with van der Waals surface area (Å²) in [4.78, 5) is 35.1. The highest BCUT2D eigenvalue weighted by atomic mass is 16.6. The monoisotopic (exact) mass is 373 g/mol. The van der Waals surface area contributed by atoms with Gasteiger partial charge < -0.3 is 15.4 Å². The molecule has 8 nitrogen and oxygen atoms in total. The number of nitrogens with one attached hydrogen (secondary N) is 2. The summed E-state index contributed by atoms with van der Waals surface area (Å²) in [5.74, 6) is 0.0451. The van der Waals surface area contributed by atoms with E-state index in [-0.39, 0.29) is 11.8 Å². The van der Waals surface area contributed by atoms with Crippen LogP contribution in [0, 0.1) is 16.0 Å². The zero-order valence-electron chi connectivity index (χ0n) is 15.4. The van der Waals surface area contributed by atoms with Gasteiger partial charge >= 0.3 is 12.0 Å². The van der Waals surface area contributed by atoms with Crippen LogP contribution in [0.3, 0.4) is 0 Å². The lowest BCUT2D eigenvalue weighted by Crippen LogP contribution is -2.45. The summed E-state index contributed by atoms with van der Waals surface area (Å²) in [5.41, 5.74) is 1.27. The van der Waals surface area contributed by atoms with E-state index in [0.717, 1.165) is 25.7 Å². The van der Waals surface area contributed by atoms with Crippen LogP contribution in [0.2, 0.25) is 0 Å². The van der Waals surface area contributed by atoms with E-state index in [2.05, 4.69) is 17.6 Å². The molecule has 0 radical (unpaired) electrons. The Morgan fingerprint density at radius 1 is 1.26 bits per heavy atom. The molecule has 0 saturated heterocycles. The van der Waals surface area contributed by atoms with Gasteiger partial charge in [0.15, 0.2) is 0 Å². The van der Waals surface area contributed by atoms with Crippen LogP contribution in [0.1, 0.15) is 51.1 Å². The van der Waals surface area contributed by atoms with Crippen LogP contribution in [0.25, 0.3) is 0 Å². The Kier molecular flexibility index (Phi) is 5.43. The van der Waals surface area contributed by atoms with Crippen molar-refractivity contribution >= 4 is 17.7 Å². The first-order valence-corrected chi connectivity index (χ1v) is 9.08. The maximum atomic E-state index is 12.9. The van der Waals surface area contributed by atoms with Crippen molar-refractivity contribution in [3.63, 3.8) is 0 Å². The van der Waals surface area contributed by atoms with E-state index < -0.39 is 23.0 Å². The number of esters is 1. The molecule has 0 aromatic heterocycles. The number of hydrogen-bond donors (Lipinski definition) is 2. The summed E-state index contributed by atoms with van der Waals surface area (Å²) in [5, 5.41) is 16.2. The molecule has 1 fully saturated rings. The number of ether oxygens (including phenoxy) is 1. The maximum absolute atomic E-state index is 12.9. The van der Waals surface area contributed by atoms with Crippen molar-refractivity contribution < 1.29 is 19.2 Å². The van der Waals surface area contributed by atoms with Gasteiger partial charge in [-0.1, -0.05) is 13.3 Å². The Morgan fingerprint density at radius 2 is 1.96 bits per heavy atom. The predicted molar refractivity (Wildman–Crippen MR) is 97.7 cm³/mol. The van der Waals surface area contributed by atoms with Crippen LogP contribution >= 0.6 is 0 Å². The molecule has 1 aliphatic carbocycles. The Bertz CT molecular complexity index is 787. The molecule has 1 aliphatic heterocycles. The minimum absolute atomic E-state index is 0.0555. The molecular weight excluding hydrogens is 350 g/mol. The highest BCUT2D eigenvalue weighted by molar-refractivity contribution is 5.95. The number of nitro groups is 1. The third-order valence-corrected chi connectivity index (χ3v) is 5.09. The quantitative estimate of drug-likeness (QED) is 0.478. The molecule has 27 heavy (non-hydrogen) atoms. The number of carbonyl (C=O) groups is 2. The first-order valence-electron chi connectivity index (χ1n) is 9.08. The maximum Gasteiger partial charge on any atom is 0.338 e. The third kappa shape index (κ3) is 4.27. The Balaban J connectivity index is 1.85. The number of carbonyl (C=O) groups excluding carboxylic acids is 2. The third-order valence-electron chi connectivity index (χ3n) is 5.09. The highest BCUT2D eigenvalue weighted by Crippen LogP contribution is 2.31. The minimum Gasteiger partial charge on any atom is -0.459 e. The van der Waals surface area contributed by atoms with Crippen molar-refractivity contribution in [1.82, 2.24) is 10.6 Å². The first kappa shape index (κ1) is 18.9. The fourth-order valence-electron chi connectivity index (χ4n) is 3.70. The fraction of sp³-hybridized carbons (Fsp3) is 0.474. The molecule has 8 heteroatoms. The van der Waals surface area contributed by atoms with Crippen molar-refractivity contribution in [3.8, 4) is 0 Å². The van der Waals surface area contributed by atoms with Crippen molar-refractivity contribution in [3.05, 3.63) is 51.2 Å². The van der Waals surface area contributed by atoms with Crippen LogP contribution in [-0.4, -0.2) is 23.0 Å². The van der Waals surface area contributed by atoms with Crippen molar-refractivity contribution in [2.45, 2.75) is 51.7 Å². The molecule has 144 valence electrons. The van der Waals surface area contributed by atoms with Gasteiger partial charge in [0.05, 0.1) is 16.5 Å². The molecule has 2 N–H and O–H groups in total. The molecule has 2 amide bonds. The molecule has 1 saturated carbocycles. The summed E-state index contributed by atoms with van der Waals surface area (Å²) < 4.78 is 5.72. The average Bonchev–Trinajstić information content (AvgIpc) is 2.61. The number of allylic oxidation sites excluding steroid dienone is 1. The Hall–Kier alpha value is -2.90. The number of non-ortho nitro benzene ring substituents is 1. The minimum atomic E-state index is -0.715. The Morgan fingerprint density at radius 3 is 2.59 bits per heavy atom. The summed E-state index contributed by atoms with van der Waals surface area (Å²) in [7, 11) is 0. The standard InChI is InChI=1S/C19H23N3O5/c1-11-4-3-5-15(10-11)27-18(23)16-12(2)20-19(24)21-17(16)13-6-8-14(9-7-13)22(25)26/h6-9,11,15,17H,3-5,10H2,1-2H3,(H2,20,21,24)/t11-,15+,17-/m1/s1. The number of nitrogens with zero attached hydrogens (tertiary/aromatic N) is 1. The molecule has 1 aromatic rings. The van der Waals surface area contributed by atoms with E-state index in [1.54, 1.807) is 6.92 Å². The second-order valence-corrected chi connectivity index (χ2v) is 7.22. The van der Waals surface area contributed by atoms with E-state index >= 15 is 0 Å². The topological polar surface area (TPSA) is 111 Å². The fourth-order valence-corrected chi connectivity index (χ4v) is 3.70. The summed E-state index contributed by atoms with van der Waals surface area (Å²) >= 11 is 0. The van der Waals surface area contributed by atoms with E-state index in [0.29, 0.717) is 22.8 Å². The number of amides is 2. The van der Waals surface area contributed by atoms with Gasteiger partial charge in [-0.25, -0.2) is 9.59 Å². The van der Waals surface area contributed by atoms with E-state index in [1.165, 1.54) is 24.3 Å². The summed E-state index contributed by atoms with van der Waals surface area (Å²) in [6.07, 6.45) is 3.71. The van der Waals surface area contributed by atoms with Gasteiger partial charge in [0.25, 0.3) is 5.69 Å². The van der Waals surface area contributed by atoms with Crippen molar-refractivity contribution in [2.24, 2.45) is 5.92 Å². The molecule has 1 aromatic carbocycles. The zero-order chi connectivity index (χ0) is 19.6. The smallest absolute Gasteiger partial charge is 0.338 e. The van der Waals surface area contributed by atoms with Crippen molar-refractivity contribution in [1.29, 1.82) is 0 Å². The van der Waals surface area contributed by atoms with Gasteiger partial charge in [-0.15, -0.1) is 0 Å². The van der Waals surface area contributed by atoms with Gasteiger partial charge in [-0.05, 0) is 49.8 Å². The molecule has 2 aliphatic rings. The zero-order valence-corrected chi connectivity index (χ0v) is 15.4. The Labute approximate surface area is 157 Å². The van der Waals surface area contributed by atoms with Gasteiger partial charge in [0.1, 0.15) is 6.10 Å². The van der Waals surface area contributed by atoms with Crippen LogP contribution in [0.15, 0.2) is 35.5 Å². The molecule has 1 heterocycles. The number of rotatable bonds is 4. The van der Waals surface area contributed by atoms with Gasteiger partial charge in [-0.3, -0.25) is 10.1 Å². The lowest BCUT2D eigenvalue weighted by molar-refractivity contribution is -0.384. The predicted octanol–water partition coefficient (Wildman–Crippen LogP) is 3.34. The number of hydrogen-bond acceptors (Lipinski definition) is 5. The lowest BCUT2D eigenvalue weighted by atomic mass is 9.88. The molecule has 3 atom stereocenters. The number of urea groups is 1.